The molecule has 0 aliphatic rings. The third-order valence-electron chi connectivity index (χ3n) is 3.41. The van der Waals surface area contributed by atoms with Crippen LogP contribution >= 0.6 is 11.3 Å². The lowest BCUT2D eigenvalue weighted by Crippen LogP contribution is -2.35. The molecule has 2 amide bonds. The SMILES string of the molecule is O=C(COC(=O)Cc1cn2ccsc2n1)NCC(=O)Nc1ccc(F)cc1. The van der Waals surface area contributed by atoms with E-state index in [1.54, 1.807) is 10.6 Å². The monoisotopic (exact) mass is 390 g/mol. The number of benzene rings is 1. The van der Waals surface area contributed by atoms with Crippen LogP contribution in [0.3, 0.4) is 0 Å². The Bertz CT molecular complexity index is 938. The summed E-state index contributed by atoms with van der Waals surface area (Å²) in [6.07, 6.45) is 3.49. The summed E-state index contributed by atoms with van der Waals surface area (Å²) in [7, 11) is 0. The number of rotatable bonds is 7. The maximum Gasteiger partial charge on any atom is 0.312 e. The predicted octanol–water partition coefficient (Wildman–Crippen LogP) is 1.38. The summed E-state index contributed by atoms with van der Waals surface area (Å²) in [5.41, 5.74) is 0.952. The number of thiazole rings is 1. The molecule has 2 aromatic heterocycles. The highest BCUT2D eigenvalue weighted by Crippen LogP contribution is 2.12. The van der Waals surface area contributed by atoms with Crippen LogP contribution in [0.2, 0.25) is 0 Å². The van der Waals surface area contributed by atoms with Crippen molar-refractivity contribution in [3.63, 3.8) is 0 Å². The minimum Gasteiger partial charge on any atom is -0.455 e. The van der Waals surface area contributed by atoms with Crippen LogP contribution in [0, 0.1) is 5.82 Å². The van der Waals surface area contributed by atoms with Gasteiger partial charge in [-0.3, -0.25) is 18.8 Å². The van der Waals surface area contributed by atoms with Gasteiger partial charge in [0.1, 0.15) is 5.82 Å². The van der Waals surface area contributed by atoms with Crippen LogP contribution in [-0.4, -0.2) is 40.3 Å². The van der Waals surface area contributed by atoms with Gasteiger partial charge in [0, 0.05) is 23.5 Å². The van der Waals surface area contributed by atoms with Gasteiger partial charge in [0.2, 0.25) is 5.91 Å². The van der Waals surface area contributed by atoms with E-state index in [9.17, 15) is 18.8 Å². The number of ether oxygens (including phenoxy) is 1. The van der Waals surface area contributed by atoms with Crippen LogP contribution in [-0.2, 0) is 25.5 Å². The molecule has 27 heavy (non-hydrogen) atoms. The van der Waals surface area contributed by atoms with Crippen molar-refractivity contribution in [1.29, 1.82) is 0 Å². The molecule has 8 nitrogen and oxygen atoms in total. The Morgan fingerprint density at radius 2 is 1.96 bits per heavy atom. The van der Waals surface area contributed by atoms with Gasteiger partial charge >= 0.3 is 5.97 Å². The molecule has 3 rings (SSSR count). The van der Waals surface area contributed by atoms with E-state index < -0.39 is 30.2 Å². The van der Waals surface area contributed by atoms with E-state index in [0.29, 0.717) is 11.4 Å². The van der Waals surface area contributed by atoms with Crippen LogP contribution in [0.25, 0.3) is 4.96 Å². The number of esters is 1. The molecule has 0 aliphatic carbocycles. The quantitative estimate of drug-likeness (QED) is 0.594. The van der Waals surface area contributed by atoms with E-state index in [2.05, 4.69) is 15.6 Å². The van der Waals surface area contributed by atoms with Crippen LogP contribution < -0.4 is 10.6 Å². The van der Waals surface area contributed by atoms with Crippen molar-refractivity contribution in [3.05, 3.63) is 53.6 Å². The van der Waals surface area contributed by atoms with Crippen molar-refractivity contribution in [2.24, 2.45) is 0 Å². The molecule has 0 aliphatic heterocycles. The average molecular weight is 390 g/mol. The van der Waals surface area contributed by atoms with E-state index in [1.807, 2.05) is 11.6 Å². The first-order valence-electron chi connectivity index (χ1n) is 7.88. The molecule has 1 aromatic carbocycles. The summed E-state index contributed by atoms with van der Waals surface area (Å²) in [5.74, 6) is -2.10. The summed E-state index contributed by atoms with van der Waals surface area (Å²) < 4.78 is 19.5. The Kier molecular flexibility index (Phi) is 5.77. The highest BCUT2D eigenvalue weighted by Gasteiger charge is 2.12. The maximum absolute atomic E-state index is 12.8. The summed E-state index contributed by atoms with van der Waals surface area (Å²) in [6, 6.07) is 5.21. The molecule has 0 atom stereocenters. The molecular weight excluding hydrogens is 375 g/mol. The molecule has 0 unspecified atom stereocenters. The number of anilines is 1. The van der Waals surface area contributed by atoms with Gasteiger partial charge in [0.25, 0.3) is 5.91 Å². The lowest BCUT2D eigenvalue weighted by atomic mass is 10.3. The number of carbonyl (C=O) groups is 3. The number of carbonyl (C=O) groups excluding carboxylic acids is 3. The van der Waals surface area contributed by atoms with Crippen molar-refractivity contribution in [2.75, 3.05) is 18.5 Å². The molecule has 10 heteroatoms. The average Bonchev–Trinajstić information content (AvgIpc) is 3.21. The number of hydrogen-bond acceptors (Lipinski definition) is 6. The lowest BCUT2D eigenvalue weighted by Gasteiger charge is -2.07. The van der Waals surface area contributed by atoms with Crippen molar-refractivity contribution in [2.45, 2.75) is 6.42 Å². The molecular formula is C17H15FN4O4S. The van der Waals surface area contributed by atoms with E-state index in [4.69, 9.17) is 4.74 Å². The number of halogens is 1. The first kappa shape index (κ1) is 18.5. The third kappa shape index (κ3) is 5.35. The topological polar surface area (TPSA) is 102 Å². The van der Waals surface area contributed by atoms with E-state index in [-0.39, 0.29) is 13.0 Å². The summed E-state index contributed by atoms with van der Waals surface area (Å²) >= 11 is 1.44. The fourth-order valence-corrected chi connectivity index (χ4v) is 2.89. The number of nitrogens with zero attached hydrogens (tertiary/aromatic N) is 2. The first-order chi connectivity index (χ1) is 13.0. The molecule has 140 valence electrons. The van der Waals surface area contributed by atoms with E-state index >= 15 is 0 Å². The smallest absolute Gasteiger partial charge is 0.312 e. The minimum absolute atomic E-state index is 0.0489. The zero-order valence-electron chi connectivity index (χ0n) is 14.0. The summed E-state index contributed by atoms with van der Waals surface area (Å²) in [6.45, 7) is -0.796. The highest BCUT2D eigenvalue weighted by molar-refractivity contribution is 7.15. The van der Waals surface area contributed by atoms with Gasteiger partial charge in [-0.15, -0.1) is 11.3 Å². The fourth-order valence-electron chi connectivity index (χ4n) is 2.17. The summed E-state index contributed by atoms with van der Waals surface area (Å²) in [5, 5.41) is 6.70. The molecule has 0 saturated heterocycles. The predicted molar refractivity (Wildman–Crippen MR) is 95.8 cm³/mol. The number of nitrogens with one attached hydrogen (secondary N) is 2. The van der Waals surface area contributed by atoms with Gasteiger partial charge in [0.15, 0.2) is 11.6 Å². The normalized spacial score (nSPS) is 10.6. The Morgan fingerprint density at radius 1 is 1.19 bits per heavy atom. The molecule has 0 spiro atoms. The lowest BCUT2D eigenvalue weighted by molar-refractivity contribution is -0.147. The number of aromatic nitrogens is 2. The molecule has 0 bridgehead atoms. The second-order valence-corrected chi connectivity index (χ2v) is 6.37. The van der Waals surface area contributed by atoms with E-state index in [1.165, 1.54) is 35.6 Å². The standard InChI is InChI=1S/C17H15FN4O4S/c18-11-1-3-12(4-2-11)20-14(23)8-19-15(24)10-26-16(25)7-13-9-22-5-6-27-17(22)21-13/h1-6,9H,7-8,10H2,(H,19,24)(H,20,23). The second kappa shape index (κ2) is 8.41. The van der Waals surface area contributed by atoms with Crippen LogP contribution in [0.5, 0.6) is 0 Å². The zero-order chi connectivity index (χ0) is 19.2. The van der Waals surface area contributed by atoms with Crippen molar-refractivity contribution >= 4 is 39.8 Å². The largest absolute Gasteiger partial charge is 0.455 e. The maximum atomic E-state index is 12.8. The molecule has 2 heterocycles. The van der Waals surface area contributed by atoms with Gasteiger partial charge in [-0.25, -0.2) is 9.37 Å². The fraction of sp³-hybridized carbons (Fsp3) is 0.176. The number of amides is 2. The Hall–Kier alpha value is -3.27. The minimum atomic E-state index is -0.608. The van der Waals surface area contributed by atoms with Crippen LogP contribution in [0.4, 0.5) is 10.1 Å². The molecule has 0 radical (unpaired) electrons. The Balaban J connectivity index is 1.36. The van der Waals surface area contributed by atoms with Gasteiger partial charge in [-0.2, -0.15) is 0 Å². The van der Waals surface area contributed by atoms with Gasteiger partial charge in [0.05, 0.1) is 18.7 Å². The van der Waals surface area contributed by atoms with Crippen LogP contribution in [0.1, 0.15) is 5.69 Å². The molecule has 0 saturated carbocycles. The number of hydrogen-bond donors (Lipinski definition) is 2. The van der Waals surface area contributed by atoms with E-state index in [0.717, 1.165) is 4.96 Å². The summed E-state index contributed by atoms with van der Waals surface area (Å²) in [4.78, 5) is 40.1. The van der Waals surface area contributed by atoms with Gasteiger partial charge in [-0.05, 0) is 24.3 Å². The second-order valence-electron chi connectivity index (χ2n) is 5.49. The third-order valence-corrected chi connectivity index (χ3v) is 4.18. The van der Waals surface area contributed by atoms with Crippen molar-refractivity contribution < 1.29 is 23.5 Å². The molecule has 3 aromatic rings. The van der Waals surface area contributed by atoms with Gasteiger partial charge < -0.3 is 15.4 Å². The number of fused-ring (bicyclic) bond motifs is 1. The van der Waals surface area contributed by atoms with Crippen molar-refractivity contribution in [1.82, 2.24) is 14.7 Å². The zero-order valence-corrected chi connectivity index (χ0v) is 14.8. The first-order valence-corrected chi connectivity index (χ1v) is 8.76. The molecule has 2 N–H and O–H groups in total. The Labute approximate surface area is 157 Å². The van der Waals surface area contributed by atoms with Crippen molar-refractivity contribution in [3.8, 4) is 0 Å². The van der Waals surface area contributed by atoms with Crippen LogP contribution in [0.15, 0.2) is 42.0 Å². The highest BCUT2D eigenvalue weighted by atomic mass is 32.1. The Morgan fingerprint density at radius 3 is 2.70 bits per heavy atom. The number of imidazole rings is 1. The molecule has 0 fully saturated rings. The van der Waals surface area contributed by atoms with Gasteiger partial charge in [-0.1, -0.05) is 0 Å².